The van der Waals surface area contributed by atoms with Gasteiger partial charge in [-0.3, -0.25) is 4.79 Å². The summed E-state index contributed by atoms with van der Waals surface area (Å²) in [6.45, 7) is 3.78. The average molecular weight is 293 g/mol. The zero-order valence-electron chi connectivity index (χ0n) is 7.69. The number of amides is 1. The molecule has 2 nitrogen and oxygen atoms in total. The van der Waals surface area contributed by atoms with Crippen molar-refractivity contribution in [2.24, 2.45) is 0 Å². The SMILES string of the molecule is C=C(Br)CNC(=O)c1cc(Cl)ccc1F. The third-order valence-corrected chi connectivity index (χ3v) is 2.13. The van der Waals surface area contributed by atoms with Crippen molar-refractivity contribution in [2.45, 2.75) is 0 Å². The van der Waals surface area contributed by atoms with E-state index >= 15 is 0 Å². The largest absolute Gasteiger partial charge is 0.347 e. The molecule has 0 radical (unpaired) electrons. The summed E-state index contributed by atoms with van der Waals surface area (Å²) in [5, 5.41) is 2.80. The Morgan fingerprint density at radius 3 is 2.87 bits per heavy atom. The Hall–Kier alpha value is -0.870. The second-order valence-electron chi connectivity index (χ2n) is 2.82. The van der Waals surface area contributed by atoms with E-state index < -0.39 is 11.7 Å². The number of hydrogen-bond acceptors (Lipinski definition) is 1. The van der Waals surface area contributed by atoms with E-state index in [1.54, 1.807) is 0 Å². The van der Waals surface area contributed by atoms with Gasteiger partial charge in [0.2, 0.25) is 0 Å². The van der Waals surface area contributed by atoms with Crippen LogP contribution in [0.15, 0.2) is 29.3 Å². The van der Waals surface area contributed by atoms with Gasteiger partial charge in [0.05, 0.1) is 5.56 Å². The van der Waals surface area contributed by atoms with Crippen LogP contribution in [-0.2, 0) is 0 Å². The van der Waals surface area contributed by atoms with Crippen LogP contribution in [0.5, 0.6) is 0 Å². The van der Waals surface area contributed by atoms with Gasteiger partial charge in [0, 0.05) is 16.0 Å². The molecule has 0 atom stereocenters. The van der Waals surface area contributed by atoms with Crippen LogP contribution in [0.3, 0.4) is 0 Å². The van der Waals surface area contributed by atoms with Crippen molar-refractivity contribution < 1.29 is 9.18 Å². The lowest BCUT2D eigenvalue weighted by Gasteiger charge is -2.05. The minimum atomic E-state index is -0.600. The van der Waals surface area contributed by atoms with Gasteiger partial charge in [-0.05, 0) is 18.2 Å². The van der Waals surface area contributed by atoms with E-state index in [9.17, 15) is 9.18 Å². The average Bonchev–Trinajstić information content (AvgIpc) is 2.18. The number of carbonyl (C=O) groups is 1. The molecule has 0 bridgehead atoms. The molecule has 1 N–H and O–H groups in total. The van der Waals surface area contributed by atoms with Crippen LogP contribution in [0.4, 0.5) is 4.39 Å². The number of carbonyl (C=O) groups excluding carboxylic acids is 1. The van der Waals surface area contributed by atoms with E-state index in [4.69, 9.17) is 11.6 Å². The van der Waals surface area contributed by atoms with Crippen LogP contribution >= 0.6 is 27.5 Å². The van der Waals surface area contributed by atoms with E-state index in [1.165, 1.54) is 12.1 Å². The Balaban J connectivity index is 2.81. The molecule has 0 fully saturated rings. The molecule has 0 aromatic heterocycles. The fourth-order valence-corrected chi connectivity index (χ4v) is 1.26. The predicted octanol–water partition coefficient (Wildman–Crippen LogP) is 3.12. The topological polar surface area (TPSA) is 29.1 Å². The van der Waals surface area contributed by atoms with Crippen LogP contribution in [-0.4, -0.2) is 12.5 Å². The van der Waals surface area contributed by atoms with Gasteiger partial charge in [-0.15, -0.1) is 0 Å². The third-order valence-electron chi connectivity index (χ3n) is 1.61. The van der Waals surface area contributed by atoms with Gasteiger partial charge in [0.1, 0.15) is 5.82 Å². The monoisotopic (exact) mass is 291 g/mol. The molecule has 1 rings (SSSR count). The Bertz CT molecular complexity index is 408. The van der Waals surface area contributed by atoms with Crippen molar-refractivity contribution in [1.29, 1.82) is 0 Å². The molecule has 0 aliphatic heterocycles. The van der Waals surface area contributed by atoms with Crippen molar-refractivity contribution in [3.8, 4) is 0 Å². The minimum absolute atomic E-state index is 0.0729. The van der Waals surface area contributed by atoms with Gasteiger partial charge >= 0.3 is 0 Å². The zero-order chi connectivity index (χ0) is 11.4. The Morgan fingerprint density at radius 2 is 2.27 bits per heavy atom. The quantitative estimate of drug-likeness (QED) is 0.911. The van der Waals surface area contributed by atoms with Crippen molar-refractivity contribution in [3.05, 3.63) is 45.7 Å². The molecule has 0 saturated heterocycles. The van der Waals surface area contributed by atoms with Crippen LogP contribution in [0.2, 0.25) is 5.02 Å². The van der Waals surface area contributed by atoms with Crippen LogP contribution in [0.25, 0.3) is 0 Å². The number of hydrogen-bond donors (Lipinski definition) is 1. The van der Waals surface area contributed by atoms with Crippen LogP contribution < -0.4 is 5.32 Å². The molecule has 0 heterocycles. The van der Waals surface area contributed by atoms with Gasteiger partial charge in [-0.25, -0.2) is 4.39 Å². The highest BCUT2D eigenvalue weighted by Crippen LogP contribution is 2.14. The van der Waals surface area contributed by atoms with Gasteiger partial charge in [0.25, 0.3) is 5.91 Å². The van der Waals surface area contributed by atoms with E-state index in [2.05, 4.69) is 27.8 Å². The lowest BCUT2D eigenvalue weighted by molar-refractivity contribution is 0.0954. The van der Waals surface area contributed by atoms with Gasteiger partial charge in [-0.2, -0.15) is 0 Å². The summed E-state index contributed by atoms with van der Waals surface area (Å²) in [5.74, 6) is -1.12. The first-order valence-electron chi connectivity index (χ1n) is 4.07. The number of nitrogens with one attached hydrogen (secondary N) is 1. The molecule has 1 aromatic carbocycles. The van der Waals surface area contributed by atoms with Gasteiger partial charge in [-0.1, -0.05) is 34.1 Å². The summed E-state index contributed by atoms with van der Waals surface area (Å²) < 4.78 is 13.8. The summed E-state index contributed by atoms with van der Waals surface area (Å²) in [4.78, 5) is 11.5. The maximum absolute atomic E-state index is 13.2. The highest BCUT2D eigenvalue weighted by atomic mass is 79.9. The molecule has 0 saturated carbocycles. The van der Waals surface area contributed by atoms with E-state index in [1.807, 2.05) is 0 Å². The summed E-state index contributed by atoms with van der Waals surface area (Å²) in [7, 11) is 0. The highest BCUT2D eigenvalue weighted by Gasteiger charge is 2.11. The third kappa shape index (κ3) is 3.64. The zero-order valence-corrected chi connectivity index (χ0v) is 10.0. The molecule has 15 heavy (non-hydrogen) atoms. The van der Waals surface area contributed by atoms with E-state index in [0.717, 1.165) is 6.07 Å². The summed E-state index contributed by atoms with van der Waals surface area (Å²) in [6.07, 6.45) is 0. The Kier molecular flexibility index (Phi) is 4.29. The first-order valence-corrected chi connectivity index (χ1v) is 5.24. The predicted molar refractivity (Wildman–Crippen MR) is 61.8 cm³/mol. The number of halogens is 3. The first-order chi connectivity index (χ1) is 7.00. The number of benzene rings is 1. The van der Waals surface area contributed by atoms with Crippen LogP contribution in [0.1, 0.15) is 10.4 Å². The summed E-state index contributed by atoms with van der Waals surface area (Å²) in [6, 6.07) is 3.82. The summed E-state index contributed by atoms with van der Waals surface area (Å²) in [5.41, 5.74) is -0.0729. The minimum Gasteiger partial charge on any atom is -0.347 e. The van der Waals surface area contributed by atoms with Crippen molar-refractivity contribution in [2.75, 3.05) is 6.54 Å². The smallest absolute Gasteiger partial charge is 0.254 e. The Labute approximate surface area is 100 Å². The lowest BCUT2D eigenvalue weighted by atomic mass is 10.2. The molecular weight excluding hydrogens is 284 g/mol. The second-order valence-corrected chi connectivity index (χ2v) is 4.38. The molecule has 80 valence electrons. The molecule has 0 spiro atoms. The maximum Gasteiger partial charge on any atom is 0.254 e. The summed E-state index contributed by atoms with van der Waals surface area (Å²) >= 11 is 8.73. The molecule has 5 heteroatoms. The fourth-order valence-electron chi connectivity index (χ4n) is 0.943. The lowest BCUT2D eigenvalue weighted by Crippen LogP contribution is -2.25. The van der Waals surface area contributed by atoms with Gasteiger partial charge < -0.3 is 5.32 Å². The number of rotatable bonds is 3. The van der Waals surface area contributed by atoms with E-state index in [0.29, 0.717) is 9.51 Å². The molecule has 0 unspecified atom stereocenters. The van der Waals surface area contributed by atoms with Crippen molar-refractivity contribution >= 4 is 33.4 Å². The first kappa shape index (κ1) is 12.2. The molecule has 1 aromatic rings. The Morgan fingerprint density at radius 1 is 1.60 bits per heavy atom. The fraction of sp³-hybridized carbons (Fsp3) is 0.100. The van der Waals surface area contributed by atoms with E-state index in [-0.39, 0.29) is 12.1 Å². The van der Waals surface area contributed by atoms with Gasteiger partial charge in [0.15, 0.2) is 0 Å². The van der Waals surface area contributed by atoms with Crippen molar-refractivity contribution in [3.63, 3.8) is 0 Å². The maximum atomic E-state index is 13.2. The molecule has 0 aliphatic rings. The highest BCUT2D eigenvalue weighted by molar-refractivity contribution is 9.11. The molecule has 1 amide bonds. The molecule has 0 aliphatic carbocycles. The molecular formula is C10H8BrClFNO. The van der Waals surface area contributed by atoms with Crippen LogP contribution in [0, 0.1) is 5.82 Å². The normalized spacial score (nSPS) is 9.80. The second kappa shape index (κ2) is 5.28. The van der Waals surface area contributed by atoms with Crippen molar-refractivity contribution in [1.82, 2.24) is 5.32 Å². The standard InChI is InChI=1S/C10H8BrClFNO/c1-6(11)5-14-10(15)8-4-7(12)2-3-9(8)13/h2-4H,1,5H2,(H,14,15).